The molecular weight excluding hydrogens is 458 g/mol. The third kappa shape index (κ3) is 4.91. The molecular formula is C24H21N3O8. The molecule has 2 aromatic rings. The van der Waals surface area contributed by atoms with E-state index in [0.717, 1.165) is 13.2 Å². The lowest BCUT2D eigenvalue weighted by Crippen LogP contribution is -2.25. The normalized spacial score (nSPS) is 15.1. The van der Waals surface area contributed by atoms with Gasteiger partial charge in [-0.3, -0.25) is 10.1 Å². The van der Waals surface area contributed by atoms with E-state index in [9.17, 15) is 25.0 Å². The Kier molecular flexibility index (Phi) is 7.36. The smallest absolute Gasteiger partial charge is 0.341 e. The quantitative estimate of drug-likeness (QED) is 0.350. The second kappa shape index (κ2) is 10.4. The van der Waals surface area contributed by atoms with Gasteiger partial charge in [0.15, 0.2) is 0 Å². The molecule has 35 heavy (non-hydrogen) atoms. The summed E-state index contributed by atoms with van der Waals surface area (Å²) in [5.41, 5.74) is 5.82. The maximum atomic E-state index is 12.8. The first-order valence-corrected chi connectivity index (χ1v) is 10.3. The van der Waals surface area contributed by atoms with Gasteiger partial charge in [-0.25, -0.2) is 9.59 Å². The van der Waals surface area contributed by atoms with Gasteiger partial charge in [0.1, 0.15) is 34.5 Å². The molecule has 1 aliphatic heterocycles. The van der Waals surface area contributed by atoms with Crippen molar-refractivity contribution in [1.82, 2.24) is 0 Å². The molecule has 1 unspecified atom stereocenters. The van der Waals surface area contributed by atoms with E-state index in [1.54, 1.807) is 31.2 Å². The van der Waals surface area contributed by atoms with Gasteiger partial charge in [0.05, 0.1) is 30.1 Å². The fraction of sp³-hybridized carbons (Fsp3) is 0.208. The molecule has 0 bridgehead atoms. The van der Waals surface area contributed by atoms with Crippen molar-refractivity contribution in [2.24, 2.45) is 5.73 Å². The van der Waals surface area contributed by atoms with Crippen molar-refractivity contribution in [2.75, 3.05) is 13.7 Å². The molecule has 1 aliphatic rings. The minimum Gasteiger partial charge on any atom is -0.465 e. The number of benzene rings is 2. The minimum absolute atomic E-state index is 0.0317. The van der Waals surface area contributed by atoms with Gasteiger partial charge in [-0.2, -0.15) is 5.26 Å². The van der Waals surface area contributed by atoms with Gasteiger partial charge in [-0.1, -0.05) is 18.2 Å². The zero-order valence-electron chi connectivity index (χ0n) is 19.1. The second-order valence-electron chi connectivity index (χ2n) is 7.18. The topological polar surface area (TPSA) is 164 Å². The fourth-order valence-corrected chi connectivity index (χ4v) is 3.59. The van der Waals surface area contributed by atoms with Gasteiger partial charge in [-0.05, 0) is 26.0 Å². The van der Waals surface area contributed by atoms with Crippen LogP contribution in [0.15, 0.2) is 65.3 Å². The summed E-state index contributed by atoms with van der Waals surface area (Å²) >= 11 is 0. The number of ether oxygens (including phenoxy) is 4. The third-order valence-electron chi connectivity index (χ3n) is 5.13. The molecule has 0 saturated carbocycles. The maximum absolute atomic E-state index is 12.8. The summed E-state index contributed by atoms with van der Waals surface area (Å²) in [6.07, 6.45) is 0. The zero-order chi connectivity index (χ0) is 25.7. The van der Waals surface area contributed by atoms with E-state index in [1.807, 2.05) is 6.07 Å². The Hall–Kier alpha value is -4.85. The Morgan fingerprint density at radius 3 is 2.54 bits per heavy atom. The van der Waals surface area contributed by atoms with Crippen LogP contribution in [-0.4, -0.2) is 30.6 Å². The Bertz CT molecular complexity index is 1310. The van der Waals surface area contributed by atoms with Crippen LogP contribution in [0, 0.1) is 21.4 Å². The number of nitrogens with zero attached hydrogens (tertiary/aromatic N) is 2. The van der Waals surface area contributed by atoms with Crippen molar-refractivity contribution in [1.29, 1.82) is 5.26 Å². The molecule has 0 fully saturated rings. The molecule has 0 aliphatic carbocycles. The highest BCUT2D eigenvalue weighted by Crippen LogP contribution is 2.44. The van der Waals surface area contributed by atoms with Crippen molar-refractivity contribution < 1.29 is 33.5 Å². The van der Waals surface area contributed by atoms with Crippen LogP contribution >= 0.6 is 0 Å². The number of nitro groups is 1. The molecule has 1 atom stereocenters. The maximum Gasteiger partial charge on any atom is 0.341 e. The van der Waals surface area contributed by atoms with Gasteiger partial charge in [0.2, 0.25) is 5.88 Å². The monoisotopic (exact) mass is 479 g/mol. The number of allylic oxidation sites excluding steroid dienone is 2. The van der Waals surface area contributed by atoms with E-state index in [0.29, 0.717) is 5.56 Å². The third-order valence-corrected chi connectivity index (χ3v) is 5.13. The molecule has 180 valence electrons. The van der Waals surface area contributed by atoms with E-state index in [4.69, 9.17) is 24.7 Å². The van der Waals surface area contributed by atoms with Crippen molar-refractivity contribution in [3.8, 4) is 17.6 Å². The van der Waals surface area contributed by atoms with Gasteiger partial charge in [-0.15, -0.1) is 0 Å². The first kappa shape index (κ1) is 24.8. The van der Waals surface area contributed by atoms with Crippen molar-refractivity contribution >= 4 is 17.6 Å². The van der Waals surface area contributed by atoms with E-state index in [-0.39, 0.29) is 52.1 Å². The van der Waals surface area contributed by atoms with Crippen molar-refractivity contribution in [3.63, 3.8) is 0 Å². The highest BCUT2D eigenvalue weighted by atomic mass is 16.6. The standard InChI is InChI=1S/C24H21N3O8/c1-4-33-24(29)20-13(2)34-22(26)17(12-25)21(20)15-7-5-6-8-18(15)35-19-10-9-14(27(30)31)11-16(19)23(28)32-3/h5-11,21H,4,26H2,1-3H3. The summed E-state index contributed by atoms with van der Waals surface area (Å²) in [7, 11) is 1.13. The van der Waals surface area contributed by atoms with E-state index in [2.05, 4.69) is 0 Å². The summed E-state index contributed by atoms with van der Waals surface area (Å²) in [5.74, 6) is -2.44. The number of hydrogen-bond donors (Lipinski definition) is 1. The number of nitriles is 1. The van der Waals surface area contributed by atoms with Crippen LogP contribution in [0.3, 0.4) is 0 Å². The number of carbonyl (C=O) groups is 2. The number of esters is 2. The summed E-state index contributed by atoms with van der Waals surface area (Å²) in [5, 5.41) is 21.0. The number of non-ortho nitro benzene ring substituents is 1. The highest BCUT2D eigenvalue weighted by Gasteiger charge is 2.38. The predicted octanol–water partition coefficient (Wildman–Crippen LogP) is 3.82. The number of para-hydroxylation sites is 1. The molecule has 0 saturated heterocycles. The van der Waals surface area contributed by atoms with Crippen LogP contribution in [-0.2, 0) is 19.0 Å². The number of methoxy groups -OCH3 is 1. The molecule has 11 nitrogen and oxygen atoms in total. The summed E-state index contributed by atoms with van der Waals surface area (Å²) in [4.78, 5) is 35.6. The van der Waals surface area contributed by atoms with Crippen LogP contribution in [0.2, 0.25) is 0 Å². The van der Waals surface area contributed by atoms with Crippen molar-refractivity contribution in [2.45, 2.75) is 19.8 Å². The average Bonchev–Trinajstić information content (AvgIpc) is 2.83. The molecule has 0 spiro atoms. The number of rotatable bonds is 7. The number of nitro benzene ring substituents is 1. The molecule has 2 N–H and O–H groups in total. The second-order valence-corrected chi connectivity index (χ2v) is 7.18. The lowest BCUT2D eigenvalue weighted by atomic mass is 9.82. The molecule has 2 aromatic carbocycles. The SMILES string of the molecule is CCOC(=O)C1=C(C)OC(N)=C(C#N)C1c1ccccc1Oc1ccc([N+](=O)[O-])cc1C(=O)OC. The molecule has 0 aromatic heterocycles. The van der Waals surface area contributed by atoms with Gasteiger partial charge in [0.25, 0.3) is 5.69 Å². The highest BCUT2D eigenvalue weighted by molar-refractivity contribution is 5.94. The van der Waals surface area contributed by atoms with Gasteiger partial charge < -0.3 is 24.7 Å². The zero-order valence-corrected chi connectivity index (χ0v) is 19.1. The molecule has 0 amide bonds. The van der Waals surface area contributed by atoms with Crippen LogP contribution in [0.25, 0.3) is 0 Å². The average molecular weight is 479 g/mol. The number of nitrogens with two attached hydrogens (primary N) is 1. The van der Waals surface area contributed by atoms with E-state index in [1.165, 1.54) is 19.1 Å². The lowest BCUT2D eigenvalue weighted by molar-refractivity contribution is -0.384. The van der Waals surface area contributed by atoms with E-state index >= 15 is 0 Å². The number of carbonyl (C=O) groups excluding carboxylic acids is 2. The van der Waals surface area contributed by atoms with Gasteiger partial charge in [0, 0.05) is 17.7 Å². The first-order valence-electron chi connectivity index (χ1n) is 10.3. The van der Waals surface area contributed by atoms with Crippen LogP contribution in [0.1, 0.15) is 35.7 Å². The lowest BCUT2D eigenvalue weighted by Gasteiger charge is -2.28. The van der Waals surface area contributed by atoms with E-state index < -0.39 is 22.8 Å². The van der Waals surface area contributed by atoms with Crippen molar-refractivity contribution in [3.05, 3.63) is 86.5 Å². The largest absolute Gasteiger partial charge is 0.465 e. The minimum atomic E-state index is -0.997. The van der Waals surface area contributed by atoms with Crippen LogP contribution < -0.4 is 10.5 Å². The summed E-state index contributed by atoms with van der Waals surface area (Å²) in [6, 6.07) is 11.9. The van der Waals surface area contributed by atoms with Crippen LogP contribution in [0.4, 0.5) is 5.69 Å². The predicted molar refractivity (Wildman–Crippen MR) is 121 cm³/mol. The Morgan fingerprint density at radius 2 is 1.91 bits per heavy atom. The van der Waals surface area contributed by atoms with Crippen LogP contribution in [0.5, 0.6) is 11.5 Å². The Morgan fingerprint density at radius 1 is 1.20 bits per heavy atom. The molecule has 1 heterocycles. The molecule has 3 rings (SSSR count). The summed E-state index contributed by atoms with van der Waals surface area (Å²) in [6.45, 7) is 3.25. The Labute approximate surface area is 200 Å². The van der Waals surface area contributed by atoms with Gasteiger partial charge >= 0.3 is 11.9 Å². The Balaban J connectivity index is 2.18. The summed E-state index contributed by atoms with van der Waals surface area (Å²) < 4.78 is 21.3. The fourth-order valence-electron chi connectivity index (χ4n) is 3.59. The molecule has 0 radical (unpaired) electrons. The number of hydrogen-bond acceptors (Lipinski definition) is 10. The first-order chi connectivity index (χ1) is 16.7. The molecule has 11 heteroatoms.